The van der Waals surface area contributed by atoms with Crippen molar-refractivity contribution < 1.29 is 31.6 Å². The van der Waals surface area contributed by atoms with E-state index in [1.807, 2.05) is 0 Å². The second-order valence-corrected chi connectivity index (χ2v) is 9.52. The van der Waals surface area contributed by atoms with Gasteiger partial charge in [-0.05, 0) is 49.4 Å². The Bertz CT molecular complexity index is 1460. The summed E-state index contributed by atoms with van der Waals surface area (Å²) in [5.74, 6) is -2.53. The summed E-state index contributed by atoms with van der Waals surface area (Å²) in [7, 11) is -3.72. The number of hydrogen-bond acceptors (Lipinski definition) is 7. The van der Waals surface area contributed by atoms with Gasteiger partial charge in [0.15, 0.2) is 16.4 Å². The van der Waals surface area contributed by atoms with E-state index in [4.69, 9.17) is 9.15 Å². The standard InChI is InChI=1S/C24H20FN3O6S/c1-16-13-21(28(27-16)19-9-7-18(25)8-10-19)26-22(29)14-34-24(30)23-17(11-12-33-23)15-35(31,32)20-5-3-2-4-6-20/h2-13H,14-15H2,1H3,(H,26,29). The van der Waals surface area contributed by atoms with Crippen molar-refractivity contribution in [2.75, 3.05) is 11.9 Å². The van der Waals surface area contributed by atoms with Gasteiger partial charge in [-0.3, -0.25) is 4.79 Å². The molecule has 0 saturated carbocycles. The van der Waals surface area contributed by atoms with Gasteiger partial charge in [-0.2, -0.15) is 5.10 Å². The second kappa shape index (κ2) is 9.94. The van der Waals surface area contributed by atoms with Crippen LogP contribution in [0.2, 0.25) is 0 Å². The number of benzene rings is 2. The minimum Gasteiger partial charge on any atom is -0.457 e. The Labute approximate surface area is 200 Å². The Balaban J connectivity index is 1.40. The van der Waals surface area contributed by atoms with Crippen LogP contribution in [-0.4, -0.2) is 36.7 Å². The molecule has 1 amide bonds. The van der Waals surface area contributed by atoms with Crippen LogP contribution in [0.1, 0.15) is 21.8 Å². The molecule has 0 bridgehead atoms. The Morgan fingerprint density at radius 2 is 1.80 bits per heavy atom. The topological polar surface area (TPSA) is 120 Å². The third kappa shape index (κ3) is 5.64. The lowest BCUT2D eigenvalue weighted by Crippen LogP contribution is -2.22. The van der Waals surface area contributed by atoms with Gasteiger partial charge in [-0.1, -0.05) is 18.2 Å². The number of furan rings is 1. The number of ether oxygens (including phenoxy) is 1. The number of anilines is 1. The molecular formula is C24H20FN3O6S. The first kappa shape index (κ1) is 23.9. The minimum absolute atomic E-state index is 0.105. The fourth-order valence-corrected chi connectivity index (χ4v) is 4.66. The minimum atomic E-state index is -3.72. The zero-order valence-electron chi connectivity index (χ0n) is 18.5. The van der Waals surface area contributed by atoms with Gasteiger partial charge in [0, 0.05) is 11.6 Å². The smallest absolute Gasteiger partial charge is 0.375 e. The van der Waals surface area contributed by atoms with E-state index in [1.165, 1.54) is 53.4 Å². The van der Waals surface area contributed by atoms with Crippen molar-refractivity contribution in [1.29, 1.82) is 0 Å². The molecule has 0 unspecified atom stereocenters. The molecule has 4 rings (SSSR count). The van der Waals surface area contributed by atoms with E-state index in [0.29, 0.717) is 17.2 Å². The Morgan fingerprint density at radius 1 is 1.09 bits per heavy atom. The number of sulfone groups is 1. The van der Waals surface area contributed by atoms with E-state index in [-0.39, 0.29) is 16.2 Å². The van der Waals surface area contributed by atoms with Crippen molar-refractivity contribution in [2.45, 2.75) is 17.6 Å². The Hall–Kier alpha value is -4.25. The molecule has 11 heteroatoms. The molecule has 1 N–H and O–H groups in total. The maximum absolute atomic E-state index is 13.2. The SMILES string of the molecule is Cc1cc(NC(=O)COC(=O)c2occc2CS(=O)(=O)c2ccccc2)n(-c2ccc(F)cc2)n1. The molecule has 4 aromatic rings. The van der Waals surface area contributed by atoms with Crippen LogP contribution in [0.4, 0.5) is 10.2 Å². The number of esters is 1. The number of carbonyl (C=O) groups excluding carboxylic acids is 2. The van der Waals surface area contributed by atoms with Gasteiger partial charge >= 0.3 is 5.97 Å². The molecule has 2 aromatic heterocycles. The Morgan fingerprint density at radius 3 is 2.51 bits per heavy atom. The third-order valence-electron chi connectivity index (χ3n) is 4.88. The molecule has 0 saturated heterocycles. The van der Waals surface area contributed by atoms with Crippen molar-refractivity contribution in [3.63, 3.8) is 0 Å². The van der Waals surface area contributed by atoms with Crippen molar-refractivity contribution in [1.82, 2.24) is 9.78 Å². The molecule has 180 valence electrons. The highest BCUT2D eigenvalue weighted by atomic mass is 32.2. The maximum atomic E-state index is 13.2. The lowest BCUT2D eigenvalue weighted by molar-refractivity contribution is -0.119. The van der Waals surface area contributed by atoms with Gasteiger partial charge in [-0.15, -0.1) is 0 Å². The molecule has 0 fully saturated rings. The van der Waals surface area contributed by atoms with E-state index in [9.17, 15) is 22.4 Å². The van der Waals surface area contributed by atoms with E-state index in [2.05, 4.69) is 10.4 Å². The fourth-order valence-electron chi connectivity index (χ4n) is 3.29. The first-order valence-corrected chi connectivity index (χ1v) is 12.0. The molecule has 0 aliphatic carbocycles. The zero-order chi connectivity index (χ0) is 25.0. The first-order valence-electron chi connectivity index (χ1n) is 10.4. The average Bonchev–Trinajstić information content (AvgIpc) is 3.44. The monoisotopic (exact) mass is 497 g/mol. The van der Waals surface area contributed by atoms with Crippen LogP contribution < -0.4 is 5.32 Å². The van der Waals surface area contributed by atoms with Crippen LogP contribution in [0.15, 0.2) is 82.3 Å². The van der Waals surface area contributed by atoms with Crippen molar-refractivity contribution in [3.05, 3.63) is 95.8 Å². The summed E-state index contributed by atoms with van der Waals surface area (Å²) in [6.07, 6.45) is 1.18. The van der Waals surface area contributed by atoms with Crippen LogP contribution in [0, 0.1) is 12.7 Å². The molecule has 2 heterocycles. The summed E-state index contributed by atoms with van der Waals surface area (Å²) in [5, 5.41) is 6.85. The molecule has 0 spiro atoms. The van der Waals surface area contributed by atoms with E-state index < -0.39 is 39.9 Å². The molecule has 0 aliphatic heterocycles. The second-order valence-electron chi connectivity index (χ2n) is 7.53. The third-order valence-corrected chi connectivity index (χ3v) is 6.57. The molecule has 0 atom stereocenters. The Kier molecular flexibility index (Phi) is 6.78. The van der Waals surface area contributed by atoms with E-state index >= 15 is 0 Å². The summed E-state index contributed by atoms with van der Waals surface area (Å²) in [6, 6.07) is 16.3. The summed E-state index contributed by atoms with van der Waals surface area (Å²) in [5.41, 5.74) is 1.23. The first-order chi connectivity index (χ1) is 16.7. The number of nitrogens with one attached hydrogen (secondary N) is 1. The number of nitrogens with zero attached hydrogens (tertiary/aromatic N) is 2. The van der Waals surface area contributed by atoms with Gasteiger partial charge in [0.25, 0.3) is 5.91 Å². The van der Waals surface area contributed by atoms with E-state index in [0.717, 1.165) is 0 Å². The van der Waals surface area contributed by atoms with Crippen LogP contribution >= 0.6 is 0 Å². The number of aromatic nitrogens is 2. The highest BCUT2D eigenvalue weighted by Gasteiger charge is 2.24. The molecule has 9 nitrogen and oxygen atoms in total. The highest BCUT2D eigenvalue weighted by molar-refractivity contribution is 7.90. The van der Waals surface area contributed by atoms with E-state index in [1.54, 1.807) is 31.2 Å². The summed E-state index contributed by atoms with van der Waals surface area (Å²) >= 11 is 0. The normalized spacial score (nSPS) is 11.3. The maximum Gasteiger partial charge on any atom is 0.375 e. The lowest BCUT2D eigenvalue weighted by atomic mass is 10.3. The van der Waals surface area contributed by atoms with Crippen LogP contribution in [-0.2, 0) is 25.1 Å². The number of hydrogen-bond donors (Lipinski definition) is 1. The molecule has 35 heavy (non-hydrogen) atoms. The largest absolute Gasteiger partial charge is 0.457 e. The average molecular weight is 498 g/mol. The summed E-state index contributed by atoms with van der Waals surface area (Å²) in [6.45, 7) is 1.07. The number of carbonyl (C=O) groups is 2. The molecular weight excluding hydrogens is 477 g/mol. The fraction of sp³-hybridized carbons (Fsp3) is 0.125. The summed E-state index contributed by atoms with van der Waals surface area (Å²) < 4.78 is 50.1. The molecule has 0 aliphatic rings. The predicted molar refractivity (Wildman–Crippen MR) is 123 cm³/mol. The quantitative estimate of drug-likeness (QED) is 0.369. The van der Waals surface area contributed by atoms with Crippen molar-refractivity contribution in [2.24, 2.45) is 0 Å². The van der Waals surface area contributed by atoms with Gasteiger partial charge in [0.1, 0.15) is 11.6 Å². The van der Waals surface area contributed by atoms with Gasteiger partial charge < -0.3 is 14.5 Å². The number of aryl methyl sites for hydroxylation is 1. The van der Waals surface area contributed by atoms with Crippen LogP contribution in [0.3, 0.4) is 0 Å². The number of amides is 1. The van der Waals surface area contributed by atoms with Gasteiger partial charge in [0.05, 0.1) is 28.3 Å². The lowest BCUT2D eigenvalue weighted by Gasteiger charge is -2.09. The van der Waals surface area contributed by atoms with Crippen LogP contribution in [0.25, 0.3) is 5.69 Å². The van der Waals surface area contributed by atoms with Crippen molar-refractivity contribution in [3.8, 4) is 5.69 Å². The predicted octanol–water partition coefficient (Wildman–Crippen LogP) is 3.68. The zero-order valence-corrected chi connectivity index (χ0v) is 19.3. The number of halogens is 1. The summed E-state index contributed by atoms with van der Waals surface area (Å²) in [4.78, 5) is 25.0. The van der Waals surface area contributed by atoms with Gasteiger partial charge in [-0.25, -0.2) is 22.3 Å². The molecule has 0 radical (unpaired) electrons. The van der Waals surface area contributed by atoms with Crippen molar-refractivity contribution >= 4 is 27.5 Å². The number of rotatable bonds is 8. The van der Waals surface area contributed by atoms with Crippen LogP contribution in [0.5, 0.6) is 0 Å². The van der Waals surface area contributed by atoms with Gasteiger partial charge in [0.2, 0.25) is 5.76 Å². The highest BCUT2D eigenvalue weighted by Crippen LogP contribution is 2.21. The molecule has 2 aromatic carbocycles.